The number of imidazole rings is 1. The molecule has 10 heteroatoms. The van der Waals surface area contributed by atoms with Gasteiger partial charge in [0, 0.05) is 38.4 Å². The lowest BCUT2D eigenvalue weighted by Gasteiger charge is -2.36. The topological polar surface area (TPSA) is 112 Å². The van der Waals surface area contributed by atoms with Gasteiger partial charge in [0.2, 0.25) is 5.95 Å². The lowest BCUT2D eigenvalue weighted by molar-refractivity contribution is -0.139. The van der Waals surface area contributed by atoms with Crippen LogP contribution < -0.4 is 10.2 Å². The number of aliphatic hydroxyl groups is 1. The van der Waals surface area contributed by atoms with Crippen LogP contribution in [-0.4, -0.2) is 72.7 Å². The van der Waals surface area contributed by atoms with Gasteiger partial charge in [0.1, 0.15) is 17.7 Å². The highest BCUT2D eigenvalue weighted by atomic mass is 16.3. The number of nitrogens with zero attached hydrogens (tertiary/aromatic N) is 7. The van der Waals surface area contributed by atoms with E-state index in [1.165, 1.54) is 6.92 Å². The maximum Gasteiger partial charge on any atom is 0.251 e. The van der Waals surface area contributed by atoms with Crippen molar-refractivity contribution in [1.29, 1.82) is 0 Å². The third-order valence-electron chi connectivity index (χ3n) is 5.72. The maximum atomic E-state index is 11.9. The van der Waals surface area contributed by atoms with E-state index in [0.717, 1.165) is 22.9 Å². The zero-order chi connectivity index (χ0) is 23.5. The van der Waals surface area contributed by atoms with Gasteiger partial charge in [0.15, 0.2) is 0 Å². The van der Waals surface area contributed by atoms with Gasteiger partial charge in [-0.3, -0.25) is 4.79 Å². The molecule has 10 nitrogen and oxygen atoms in total. The number of aliphatic hydroxyl groups excluding tert-OH is 1. The van der Waals surface area contributed by atoms with Crippen molar-refractivity contribution in [2.24, 2.45) is 0 Å². The van der Waals surface area contributed by atoms with E-state index in [9.17, 15) is 9.90 Å². The minimum absolute atomic E-state index is 0.221. The van der Waals surface area contributed by atoms with Crippen LogP contribution in [0, 0.1) is 6.92 Å². The van der Waals surface area contributed by atoms with Gasteiger partial charge in [0.05, 0.1) is 29.5 Å². The quantitative estimate of drug-likeness (QED) is 0.589. The number of carbonyl (C=O) groups excluding carboxylic acids is 1. The first kappa shape index (κ1) is 22.7. The van der Waals surface area contributed by atoms with Crippen LogP contribution >= 0.6 is 0 Å². The van der Waals surface area contributed by atoms with Gasteiger partial charge in [-0.15, -0.1) is 0 Å². The predicted octanol–water partition coefficient (Wildman–Crippen LogP) is 2.40. The first-order valence-electron chi connectivity index (χ1n) is 11.2. The van der Waals surface area contributed by atoms with Crippen molar-refractivity contribution in [3.05, 3.63) is 42.6 Å². The number of amides is 1. The number of hydrogen-bond donors (Lipinski definition) is 2. The van der Waals surface area contributed by atoms with Crippen LogP contribution in [0.25, 0.3) is 11.4 Å². The molecule has 0 radical (unpaired) electrons. The standard InChI is InChI=1S/C23H30N8O2/c1-15(2)31-17(4)25-14-20(31)19-7-8-24-23(27-19)28-21-6-5-18(13-26-21)29-9-11-30(12-10-29)22(33)16(3)32/h5-8,13-16,32H,9-12H2,1-4H3,(H,24,26,27,28)/t16-/m1/s1. The number of rotatable bonds is 6. The Morgan fingerprint density at radius 2 is 1.79 bits per heavy atom. The third kappa shape index (κ3) is 4.95. The Hall–Kier alpha value is -3.53. The first-order valence-corrected chi connectivity index (χ1v) is 11.2. The van der Waals surface area contributed by atoms with Crippen LogP contribution in [0.1, 0.15) is 32.6 Å². The Labute approximate surface area is 193 Å². The summed E-state index contributed by atoms with van der Waals surface area (Å²) in [5.74, 6) is 1.84. The van der Waals surface area contributed by atoms with Crippen molar-refractivity contribution in [1.82, 2.24) is 29.4 Å². The van der Waals surface area contributed by atoms with Crippen molar-refractivity contribution in [3.8, 4) is 11.4 Å². The second-order valence-electron chi connectivity index (χ2n) is 8.43. The number of aryl methyl sites for hydroxylation is 1. The van der Waals surface area contributed by atoms with Crippen LogP contribution in [0.3, 0.4) is 0 Å². The Balaban J connectivity index is 1.42. The van der Waals surface area contributed by atoms with Crippen LogP contribution in [0.5, 0.6) is 0 Å². The number of piperazine rings is 1. The van der Waals surface area contributed by atoms with Gasteiger partial charge < -0.3 is 24.8 Å². The molecule has 4 heterocycles. The third-order valence-corrected chi connectivity index (χ3v) is 5.72. The van der Waals surface area contributed by atoms with E-state index in [1.54, 1.807) is 17.3 Å². The minimum Gasteiger partial charge on any atom is -0.384 e. The molecule has 0 aromatic carbocycles. The molecule has 1 amide bonds. The molecule has 174 valence electrons. The lowest BCUT2D eigenvalue weighted by Crippen LogP contribution is -2.51. The molecule has 1 saturated heterocycles. The molecule has 33 heavy (non-hydrogen) atoms. The molecular weight excluding hydrogens is 420 g/mol. The summed E-state index contributed by atoms with van der Waals surface area (Å²) in [6.07, 6.45) is 4.40. The average molecular weight is 451 g/mol. The number of nitrogens with one attached hydrogen (secondary N) is 1. The molecule has 3 aromatic heterocycles. The van der Waals surface area contributed by atoms with Crippen molar-refractivity contribution in [3.63, 3.8) is 0 Å². The van der Waals surface area contributed by atoms with E-state index in [0.29, 0.717) is 37.9 Å². The fraction of sp³-hybridized carbons (Fsp3) is 0.435. The summed E-state index contributed by atoms with van der Waals surface area (Å²) in [4.78, 5) is 33.8. The summed E-state index contributed by atoms with van der Waals surface area (Å²) in [6, 6.07) is 6.03. The van der Waals surface area contributed by atoms with E-state index in [-0.39, 0.29) is 11.9 Å². The van der Waals surface area contributed by atoms with Gasteiger partial charge in [-0.2, -0.15) is 0 Å². The molecule has 1 atom stereocenters. The number of pyridine rings is 1. The van der Waals surface area contributed by atoms with E-state index in [2.05, 4.69) is 48.6 Å². The Morgan fingerprint density at radius 1 is 1.03 bits per heavy atom. The second kappa shape index (κ2) is 9.53. The summed E-state index contributed by atoms with van der Waals surface area (Å²) in [5.41, 5.74) is 2.73. The number of aromatic nitrogens is 5. The Bertz CT molecular complexity index is 1100. The molecule has 1 aliphatic heterocycles. The van der Waals surface area contributed by atoms with Gasteiger partial charge in [-0.1, -0.05) is 0 Å². The van der Waals surface area contributed by atoms with Crippen molar-refractivity contribution in [2.45, 2.75) is 39.8 Å². The van der Waals surface area contributed by atoms with E-state index in [4.69, 9.17) is 0 Å². The molecule has 0 saturated carbocycles. The van der Waals surface area contributed by atoms with Gasteiger partial charge in [-0.05, 0) is 45.9 Å². The van der Waals surface area contributed by atoms with Gasteiger partial charge in [-0.25, -0.2) is 19.9 Å². The van der Waals surface area contributed by atoms with Gasteiger partial charge in [0.25, 0.3) is 5.91 Å². The Morgan fingerprint density at radius 3 is 2.42 bits per heavy atom. The number of anilines is 3. The van der Waals surface area contributed by atoms with E-state index in [1.807, 2.05) is 31.3 Å². The van der Waals surface area contributed by atoms with Crippen molar-refractivity contribution >= 4 is 23.4 Å². The van der Waals surface area contributed by atoms with E-state index >= 15 is 0 Å². The van der Waals surface area contributed by atoms with Crippen LogP contribution in [-0.2, 0) is 4.79 Å². The molecule has 0 spiro atoms. The summed E-state index contributed by atoms with van der Waals surface area (Å²) in [6.45, 7) is 10.3. The normalized spacial score (nSPS) is 15.1. The smallest absolute Gasteiger partial charge is 0.251 e. The molecular formula is C23H30N8O2. The Kier molecular flexibility index (Phi) is 6.55. The molecule has 3 aromatic rings. The predicted molar refractivity (Wildman–Crippen MR) is 126 cm³/mol. The summed E-state index contributed by atoms with van der Waals surface area (Å²) < 4.78 is 2.15. The first-order chi connectivity index (χ1) is 15.8. The van der Waals surface area contributed by atoms with Crippen LogP contribution in [0.4, 0.5) is 17.5 Å². The lowest BCUT2D eigenvalue weighted by atomic mass is 10.2. The average Bonchev–Trinajstić information content (AvgIpc) is 3.21. The van der Waals surface area contributed by atoms with Crippen LogP contribution in [0.2, 0.25) is 0 Å². The number of hydrogen-bond acceptors (Lipinski definition) is 8. The monoisotopic (exact) mass is 450 g/mol. The fourth-order valence-electron chi connectivity index (χ4n) is 4.07. The highest BCUT2D eigenvalue weighted by molar-refractivity contribution is 5.80. The summed E-state index contributed by atoms with van der Waals surface area (Å²) >= 11 is 0. The molecule has 4 rings (SSSR count). The number of carbonyl (C=O) groups is 1. The van der Waals surface area contributed by atoms with Crippen LogP contribution in [0.15, 0.2) is 36.8 Å². The second-order valence-corrected chi connectivity index (χ2v) is 8.43. The summed E-state index contributed by atoms with van der Waals surface area (Å²) in [7, 11) is 0. The fourth-order valence-corrected chi connectivity index (χ4v) is 4.07. The molecule has 1 aliphatic rings. The molecule has 0 unspecified atom stereocenters. The molecule has 1 fully saturated rings. The van der Waals surface area contributed by atoms with Crippen molar-refractivity contribution in [2.75, 3.05) is 36.4 Å². The zero-order valence-corrected chi connectivity index (χ0v) is 19.4. The zero-order valence-electron chi connectivity index (χ0n) is 19.4. The van der Waals surface area contributed by atoms with Gasteiger partial charge >= 0.3 is 0 Å². The van der Waals surface area contributed by atoms with E-state index < -0.39 is 6.10 Å². The summed E-state index contributed by atoms with van der Waals surface area (Å²) in [5, 5.41) is 12.7. The molecule has 0 aliphatic carbocycles. The maximum absolute atomic E-state index is 11.9. The highest BCUT2D eigenvalue weighted by Crippen LogP contribution is 2.24. The largest absolute Gasteiger partial charge is 0.384 e. The minimum atomic E-state index is -0.959. The highest BCUT2D eigenvalue weighted by Gasteiger charge is 2.24. The molecule has 2 N–H and O–H groups in total. The van der Waals surface area contributed by atoms with Crippen molar-refractivity contribution < 1.29 is 9.90 Å². The molecule has 0 bridgehead atoms. The SMILES string of the molecule is Cc1ncc(-c2ccnc(Nc3ccc(N4CCN(C(=O)[C@@H](C)O)CC4)cn3)n2)n1C(C)C.